The molecule has 0 saturated carbocycles. The molecule has 0 bridgehead atoms. The molecule has 2 rings (SSSR count). The van der Waals surface area contributed by atoms with Crippen molar-refractivity contribution < 1.29 is 18.5 Å². The van der Waals surface area contributed by atoms with E-state index in [2.05, 4.69) is 14.1 Å². The third-order valence-electron chi connectivity index (χ3n) is 3.07. The second kappa shape index (κ2) is 7.15. The summed E-state index contributed by atoms with van der Waals surface area (Å²) in [4.78, 5) is 27.8. The number of benzene rings is 1. The number of pyridine rings is 1. The number of carbonyl (C=O) groups is 2. The highest BCUT2D eigenvalue weighted by Gasteiger charge is 2.15. The second-order valence-corrected chi connectivity index (χ2v) is 6.99. The number of methoxy groups -OCH3 is 1. The molecule has 1 unspecified atom stereocenters. The van der Waals surface area contributed by atoms with Gasteiger partial charge in [-0.25, -0.2) is 14.0 Å². The van der Waals surface area contributed by atoms with Gasteiger partial charge in [-0.15, -0.1) is 0 Å². The van der Waals surface area contributed by atoms with Crippen LogP contribution in [0.4, 0.5) is 0 Å². The maximum absolute atomic E-state index is 12.5. The third-order valence-corrected chi connectivity index (χ3v) is 4.64. The number of nitrogens with zero attached hydrogens (tertiary/aromatic N) is 2. The summed E-state index contributed by atoms with van der Waals surface area (Å²) in [5, 5.41) is 0.245. The number of amides is 1. The van der Waals surface area contributed by atoms with Crippen molar-refractivity contribution in [2.75, 3.05) is 13.4 Å². The predicted molar refractivity (Wildman–Crippen MR) is 85.5 cm³/mol. The van der Waals surface area contributed by atoms with E-state index < -0.39 is 21.6 Å². The topological polar surface area (TPSA) is 85.7 Å². The summed E-state index contributed by atoms with van der Waals surface area (Å²) >= 11 is 0. The molecular weight excluding hydrogens is 316 g/mol. The van der Waals surface area contributed by atoms with Gasteiger partial charge in [0, 0.05) is 12.5 Å². The zero-order valence-corrected chi connectivity index (χ0v) is 13.6. The number of ether oxygens (including phenoxy) is 1. The minimum atomic E-state index is -2.92. The fraction of sp³-hybridized carbons (Fsp3) is 0.188. The van der Waals surface area contributed by atoms with Crippen LogP contribution in [-0.2, 0) is 25.7 Å². The monoisotopic (exact) mass is 332 g/mol. The summed E-state index contributed by atoms with van der Waals surface area (Å²) < 4.78 is 21.0. The highest BCUT2D eigenvalue weighted by Crippen LogP contribution is 2.13. The molecule has 0 saturated heterocycles. The molecule has 0 N–H and O–H groups in total. The Morgan fingerprint density at radius 1 is 1.17 bits per heavy atom. The van der Waals surface area contributed by atoms with Crippen molar-refractivity contribution in [3.05, 3.63) is 59.8 Å². The minimum absolute atomic E-state index is 0.136. The molecule has 0 radical (unpaired) electrons. The molecule has 1 aromatic heterocycles. The van der Waals surface area contributed by atoms with E-state index >= 15 is 0 Å². The molecule has 120 valence electrons. The van der Waals surface area contributed by atoms with E-state index in [-0.39, 0.29) is 11.4 Å². The summed E-state index contributed by atoms with van der Waals surface area (Å²) in [5.41, 5.74) is 0.767. The maximum Gasteiger partial charge on any atom is 0.338 e. The number of carbonyl (C=O) groups excluding carboxylic acids is 2. The van der Waals surface area contributed by atoms with E-state index in [9.17, 15) is 13.8 Å². The molecule has 1 amide bonds. The molecular formula is C16H16N2O4S. The first kappa shape index (κ1) is 16.8. The maximum atomic E-state index is 12.5. The molecule has 0 aliphatic heterocycles. The average molecular weight is 332 g/mol. The molecule has 1 heterocycles. The number of esters is 1. The van der Waals surface area contributed by atoms with Crippen LogP contribution in [0.15, 0.2) is 58.1 Å². The van der Waals surface area contributed by atoms with Gasteiger partial charge in [0.15, 0.2) is 0 Å². The molecule has 2 aromatic rings. The highest BCUT2D eigenvalue weighted by molar-refractivity contribution is 7.93. The molecule has 7 heteroatoms. The fourth-order valence-electron chi connectivity index (χ4n) is 1.99. The van der Waals surface area contributed by atoms with Crippen molar-refractivity contribution in [1.82, 2.24) is 4.98 Å². The summed E-state index contributed by atoms with van der Waals surface area (Å²) in [7, 11) is -1.65. The van der Waals surface area contributed by atoms with Gasteiger partial charge in [-0.05, 0) is 23.8 Å². The van der Waals surface area contributed by atoms with Crippen LogP contribution in [0.5, 0.6) is 0 Å². The van der Waals surface area contributed by atoms with Gasteiger partial charge in [-0.3, -0.25) is 4.79 Å². The standard InChI is InChI=1S/C16H16N2O4S/c1-22-16(20)13-8-4-3-7-12(13)11-14(19)18-23(2,21)15-9-5-6-10-17-15/h3-10H,11H2,1-2H3. The van der Waals surface area contributed by atoms with Gasteiger partial charge in [0.05, 0.1) is 28.8 Å². The smallest absolute Gasteiger partial charge is 0.338 e. The van der Waals surface area contributed by atoms with E-state index in [1.165, 1.54) is 19.6 Å². The van der Waals surface area contributed by atoms with Gasteiger partial charge in [-0.2, -0.15) is 4.36 Å². The zero-order valence-electron chi connectivity index (χ0n) is 12.8. The zero-order chi connectivity index (χ0) is 16.9. The lowest BCUT2D eigenvalue weighted by Crippen LogP contribution is -2.11. The van der Waals surface area contributed by atoms with Crippen LogP contribution in [0.2, 0.25) is 0 Å². The number of aromatic nitrogens is 1. The first-order valence-corrected chi connectivity index (χ1v) is 8.68. The SMILES string of the molecule is COC(=O)c1ccccc1CC(=O)N=S(C)(=O)c1ccccn1. The summed E-state index contributed by atoms with van der Waals surface area (Å²) in [6, 6.07) is 11.5. The van der Waals surface area contributed by atoms with E-state index in [0.717, 1.165) is 0 Å². The van der Waals surface area contributed by atoms with Gasteiger partial charge < -0.3 is 4.74 Å². The highest BCUT2D eigenvalue weighted by atomic mass is 32.2. The predicted octanol–water partition coefficient (Wildman–Crippen LogP) is 2.09. The number of hydrogen-bond donors (Lipinski definition) is 0. The van der Waals surface area contributed by atoms with E-state index in [1.807, 2.05) is 0 Å². The third kappa shape index (κ3) is 4.23. The van der Waals surface area contributed by atoms with Gasteiger partial charge in [0.1, 0.15) is 5.03 Å². The Labute approximate surface area is 134 Å². The van der Waals surface area contributed by atoms with E-state index in [0.29, 0.717) is 11.1 Å². The Morgan fingerprint density at radius 3 is 2.52 bits per heavy atom. The van der Waals surface area contributed by atoms with Crippen molar-refractivity contribution >= 4 is 21.6 Å². The van der Waals surface area contributed by atoms with Crippen LogP contribution < -0.4 is 0 Å². The number of rotatable bonds is 4. The molecule has 0 aliphatic carbocycles. The lowest BCUT2D eigenvalue weighted by atomic mass is 10.0. The Kier molecular flexibility index (Phi) is 5.23. The Hall–Kier alpha value is -2.54. The fourth-order valence-corrected chi connectivity index (χ4v) is 3.13. The Bertz CT molecular complexity index is 840. The number of hydrogen-bond acceptors (Lipinski definition) is 5. The molecule has 1 atom stereocenters. The van der Waals surface area contributed by atoms with Crippen LogP contribution in [0.25, 0.3) is 0 Å². The summed E-state index contributed by atoms with van der Waals surface area (Å²) in [6.07, 6.45) is 2.72. The van der Waals surface area contributed by atoms with E-state index in [4.69, 9.17) is 0 Å². The van der Waals surface area contributed by atoms with E-state index in [1.54, 1.807) is 42.5 Å². The lowest BCUT2D eigenvalue weighted by Gasteiger charge is -2.06. The summed E-state index contributed by atoms with van der Waals surface area (Å²) in [6.45, 7) is 0. The lowest BCUT2D eigenvalue weighted by molar-refractivity contribution is -0.117. The Morgan fingerprint density at radius 2 is 1.87 bits per heavy atom. The van der Waals surface area contributed by atoms with Crippen LogP contribution in [0, 0.1) is 0 Å². The molecule has 23 heavy (non-hydrogen) atoms. The quantitative estimate of drug-likeness (QED) is 0.800. The first-order valence-electron chi connectivity index (χ1n) is 6.76. The van der Waals surface area contributed by atoms with Crippen LogP contribution >= 0.6 is 0 Å². The van der Waals surface area contributed by atoms with Crippen molar-refractivity contribution in [2.24, 2.45) is 4.36 Å². The molecule has 0 fully saturated rings. The van der Waals surface area contributed by atoms with Crippen molar-refractivity contribution in [3.8, 4) is 0 Å². The van der Waals surface area contributed by atoms with Crippen molar-refractivity contribution in [2.45, 2.75) is 11.4 Å². The van der Waals surface area contributed by atoms with Gasteiger partial charge in [0.2, 0.25) is 0 Å². The van der Waals surface area contributed by atoms with Crippen LogP contribution in [0.1, 0.15) is 15.9 Å². The minimum Gasteiger partial charge on any atom is -0.465 e. The molecule has 1 aromatic carbocycles. The van der Waals surface area contributed by atoms with Gasteiger partial charge >= 0.3 is 5.97 Å². The first-order chi connectivity index (χ1) is 10.9. The van der Waals surface area contributed by atoms with Crippen molar-refractivity contribution in [1.29, 1.82) is 0 Å². The second-order valence-electron chi connectivity index (χ2n) is 4.78. The molecule has 0 spiro atoms. The summed E-state index contributed by atoms with van der Waals surface area (Å²) in [5.74, 6) is -1.12. The molecule has 0 aliphatic rings. The van der Waals surface area contributed by atoms with Gasteiger partial charge in [-0.1, -0.05) is 24.3 Å². The largest absolute Gasteiger partial charge is 0.465 e. The molecule has 6 nitrogen and oxygen atoms in total. The average Bonchev–Trinajstić information content (AvgIpc) is 2.55. The van der Waals surface area contributed by atoms with Crippen LogP contribution in [0.3, 0.4) is 0 Å². The van der Waals surface area contributed by atoms with Gasteiger partial charge in [0.25, 0.3) is 5.91 Å². The van der Waals surface area contributed by atoms with Crippen molar-refractivity contribution in [3.63, 3.8) is 0 Å². The van der Waals surface area contributed by atoms with Crippen LogP contribution in [-0.4, -0.2) is 34.4 Å². The normalized spacial score (nSPS) is 13.0. The Balaban J connectivity index is 2.29.